The minimum Gasteiger partial charge on any atom is -1.00 e. The lowest BCUT2D eigenvalue weighted by Crippen LogP contribution is -3.00. The summed E-state index contributed by atoms with van der Waals surface area (Å²) in [5, 5.41) is 5.33. The van der Waals surface area contributed by atoms with Crippen LogP contribution in [0.1, 0.15) is 10.6 Å². The van der Waals surface area contributed by atoms with E-state index in [-0.39, 0.29) is 12.4 Å². The summed E-state index contributed by atoms with van der Waals surface area (Å²) in [6.07, 6.45) is 0.974. The van der Waals surface area contributed by atoms with E-state index in [0.29, 0.717) is 0 Å². The van der Waals surface area contributed by atoms with Crippen molar-refractivity contribution in [3.63, 3.8) is 0 Å². The van der Waals surface area contributed by atoms with Crippen molar-refractivity contribution in [1.29, 1.82) is 0 Å². The van der Waals surface area contributed by atoms with Crippen LogP contribution in [0.2, 0.25) is 0 Å². The molecule has 1 aromatic heterocycles. The Morgan fingerprint density at radius 2 is 1.00 bits per heavy atom. The van der Waals surface area contributed by atoms with Gasteiger partial charge in [-0.3, -0.25) is 0 Å². The molecule has 0 N–H and O–H groups in total. The number of rotatable bonds is 6. The molecule has 1 nitrogen and oxygen atoms in total. The molecule has 5 rings (SSSR count). The Bertz CT molecular complexity index is 1190. The first-order chi connectivity index (χ1) is 15.8. The number of nitrogens with zero attached hydrogens (tertiary/aromatic N) is 1. The van der Waals surface area contributed by atoms with Gasteiger partial charge in [0.15, 0.2) is 0 Å². The van der Waals surface area contributed by atoms with Crippen LogP contribution in [-0.2, 0) is 6.16 Å². The zero-order valence-electron chi connectivity index (χ0n) is 18.4. The Morgan fingerprint density at radius 1 is 0.606 bits per heavy atom. The summed E-state index contributed by atoms with van der Waals surface area (Å²) in [5.74, 6) is 0. The molecule has 0 amide bonds. The molecule has 4 heteroatoms. The van der Waals surface area contributed by atoms with E-state index in [4.69, 9.17) is 4.98 Å². The summed E-state index contributed by atoms with van der Waals surface area (Å²) < 4.78 is 0. The molecule has 5 aromatic rings. The first-order valence-corrected chi connectivity index (χ1v) is 13.6. The zero-order chi connectivity index (χ0) is 21.8. The molecule has 33 heavy (non-hydrogen) atoms. The SMILES string of the molecule is Cc1nc(-c2ccccc2)sc1C[P+](c1ccccc1)(c1ccccc1)c1ccccc1.[Cl-]. The molecule has 0 radical (unpaired) electrons. The topological polar surface area (TPSA) is 12.9 Å². The first kappa shape index (κ1) is 23.4. The van der Waals surface area contributed by atoms with Crippen molar-refractivity contribution < 1.29 is 12.4 Å². The summed E-state index contributed by atoms with van der Waals surface area (Å²) in [6.45, 7) is 2.16. The van der Waals surface area contributed by atoms with Gasteiger partial charge < -0.3 is 12.4 Å². The Balaban J connectivity index is 0.00000259. The second kappa shape index (κ2) is 10.4. The monoisotopic (exact) mass is 485 g/mol. The minimum absolute atomic E-state index is 0. The second-order valence-corrected chi connectivity index (χ2v) is 12.4. The van der Waals surface area contributed by atoms with Crippen LogP contribution in [-0.4, -0.2) is 4.98 Å². The highest BCUT2D eigenvalue weighted by Gasteiger charge is 2.46. The van der Waals surface area contributed by atoms with Crippen LogP contribution in [0.5, 0.6) is 0 Å². The predicted molar refractivity (Wildman–Crippen MR) is 141 cm³/mol. The zero-order valence-corrected chi connectivity index (χ0v) is 20.9. The number of halogens is 1. The lowest BCUT2D eigenvalue weighted by molar-refractivity contribution is -0.00000623. The largest absolute Gasteiger partial charge is 1.00 e. The average molecular weight is 486 g/mol. The number of aromatic nitrogens is 1. The fourth-order valence-electron chi connectivity index (χ4n) is 4.26. The van der Waals surface area contributed by atoms with Gasteiger partial charge in [0.1, 0.15) is 34.3 Å². The van der Waals surface area contributed by atoms with Gasteiger partial charge in [-0.1, -0.05) is 84.9 Å². The van der Waals surface area contributed by atoms with Crippen LogP contribution in [0.15, 0.2) is 121 Å². The van der Waals surface area contributed by atoms with Crippen molar-refractivity contribution in [1.82, 2.24) is 4.98 Å². The van der Waals surface area contributed by atoms with Crippen molar-refractivity contribution in [3.05, 3.63) is 132 Å². The quantitative estimate of drug-likeness (QED) is 0.335. The maximum Gasteiger partial charge on any atom is 0.123 e. The molecule has 4 aromatic carbocycles. The summed E-state index contributed by atoms with van der Waals surface area (Å²) in [7, 11) is -1.91. The third-order valence-corrected chi connectivity index (χ3v) is 11.6. The number of thiazole rings is 1. The first-order valence-electron chi connectivity index (χ1n) is 10.8. The number of aryl methyl sites for hydroxylation is 1. The van der Waals surface area contributed by atoms with Crippen LogP contribution in [0.25, 0.3) is 10.6 Å². The highest BCUT2D eigenvalue weighted by molar-refractivity contribution is 7.95. The lowest BCUT2D eigenvalue weighted by Gasteiger charge is -2.27. The van der Waals surface area contributed by atoms with E-state index in [9.17, 15) is 0 Å². The maximum atomic E-state index is 4.98. The van der Waals surface area contributed by atoms with Crippen molar-refractivity contribution in [2.24, 2.45) is 0 Å². The molecule has 0 fully saturated rings. The molecule has 1 heterocycles. The van der Waals surface area contributed by atoms with E-state index in [1.54, 1.807) is 0 Å². The van der Waals surface area contributed by atoms with Crippen LogP contribution in [0.4, 0.5) is 0 Å². The molecule has 0 aliphatic heterocycles. The Morgan fingerprint density at radius 3 is 1.42 bits per heavy atom. The second-order valence-electron chi connectivity index (χ2n) is 7.87. The summed E-state index contributed by atoms with van der Waals surface area (Å²) in [6, 6.07) is 43.7. The molecule has 0 spiro atoms. The van der Waals surface area contributed by atoms with Gasteiger partial charge in [0, 0.05) is 5.56 Å². The van der Waals surface area contributed by atoms with Gasteiger partial charge in [0.05, 0.1) is 10.6 Å². The maximum absolute atomic E-state index is 4.98. The average Bonchev–Trinajstić information content (AvgIpc) is 3.24. The molecule has 0 saturated carbocycles. The summed E-state index contributed by atoms with van der Waals surface area (Å²) >= 11 is 1.84. The Hall–Kier alpha value is -2.77. The smallest absolute Gasteiger partial charge is 0.123 e. The molecule has 0 bridgehead atoms. The van der Waals surface area contributed by atoms with E-state index < -0.39 is 7.26 Å². The predicted octanol–water partition coefficient (Wildman–Crippen LogP) is 3.62. The standard InChI is InChI=1S/C29H25NPS.ClH/c1-23-28(32-29(30-23)24-14-6-2-7-15-24)22-31(25-16-8-3-9-17-25,26-18-10-4-11-19-26)27-20-12-5-13-21-27;/h2-21H,22H2,1H3;1H/q+1;/p-1. The van der Waals surface area contributed by atoms with Gasteiger partial charge >= 0.3 is 0 Å². The minimum atomic E-state index is -1.91. The van der Waals surface area contributed by atoms with E-state index in [1.165, 1.54) is 26.4 Å². The van der Waals surface area contributed by atoms with Crippen molar-refractivity contribution in [2.75, 3.05) is 0 Å². The summed E-state index contributed by atoms with van der Waals surface area (Å²) in [5.41, 5.74) is 2.33. The van der Waals surface area contributed by atoms with Crippen molar-refractivity contribution in [2.45, 2.75) is 13.1 Å². The highest BCUT2D eigenvalue weighted by Crippen LogP contribution is 2.59. The van der Waals surface area contributed by atoms with E-state index in [2.05, 4.69) is 128 Å². The third-order valence-electron chi connectivity index (χ3n) is 5.89. The lowest BCUT2D eigenvalue weighted by atomic mass is 10.2. The molecule has 0 atom stereocenters. The fourth-order valence-corrected chi connectivity index (χ4v) is 10.1. The van der Waals surface area contributed by atoms with E-state index in [1.807, 2.05) is 11.3 Å². The Labute approximate surface area is 206 Å². The van der Waals surface area contributed by atoms with Crippen molar-refractivity contribution >= 4 is 34.5 Å². The third kappa shape index (κ3) is 4.66. The molecule has 0 unspecified atom stereocenters. The molecule has 164 valence electrons. The normalized spacial score (nSPS) is 11.1. The molecule has 0 aliphatic rings. The van der Waals surface area contributed by atoms with Gasteiger partial charge in [-0.25, -0.2) is 4.98 Å². The van der Waals surface area contributed by atoms with E-state index in [0.717, 1.165) is 16.9 Å². The summed E-state index contributed by atoms with van der Waals surface area (Å²) in [4.78, 5) is 6.35. The van der Waals surface area contributed by atoms with Gasteiger partial charge in [0.2, 0.25) is 0 Å². The number of hydrogen-bond acceptors (Lipinski definition) is 2. The fraction of sp³-hybridized carbons (Fsp3) is 0.0690. The number of benzene rings is 4. The molecule has 0 aliphatic carbocycles. The Kier molecular flexibility index (Phi) is 7.40. The molecular formula is C29H25ClNPS. The van der Waals surface area contributed by atoms with Crippen LogP contribution >= 0.6 is 18.6 Å². The number of hydrogen-bond donors (Lipinski definition) is 0. The van der Waals surface area contributed by atoms with Crippen LogP contribution < -0.4 is 28.3 Å². The highest BCUT2D eigenvalue weighted by atomic mass is 35.5. The van der Waals surface area contributed by atoms with Gasteiger partial charge in [0.25, 0.3) is 0 Å². The molecule has 0 saturated heterocycles. The van der Waals surface area contributed by atoms with Gasteiger partial charge in [-0.05, 0) is 43.3 Å². The van der Waals surface area contributed by atoms with Crippen LogP contribution in [0, 0.1) is 6.92 Å². The van der Waals surface area contributed by atoms with Crippen LogP contribution in [0.3, 0.4) is 0 Å². The van der Waals surface area contributed by atoms with Gasteiger partial charge in [-0.2, -0.15) is 0 Å². The van der Waals surface area contributed by atoms with Gasteiger partial charge in [-0.15, -0.1) is 11.3 Å². The van der Waals surface area contributed by atoms with E-state index >= 15 is 0 Å². The van der Waals surface area contributed by atoms with Crippen molar-refractivity contribution in [3.8, 4) is 10.6 Å². The molecular weight excluding hydrogens is 461 g/mol.